The first-order valence-electron chi connectivity index (χ1n) is 5.13. The summed E-state index contributed by atoms with van der Waals surface area (Å²) in [6, 6.07) is 0. The molecule has 3 nitrogen and oxygen atoms in total. The normalized spacial score (nSPS) is 30.0. The van der Waals surface area contributed by atoms with Gasteiger partial charge in [0.05, 0.1) is 25.4 Å². The third-order valence-corrected chi connectivity index (χ3v) is 2.54. The highest BCUT2D eigenvalue weighted by molar-refractivity contribution is 4.73. The van der Waals surface area contributed by atoms with E-state index >= 15 is 0 Å². The van der Waals surface area contributed by atoms with Crippen LogP contribution in [0.1, 0.15) is 32.1 Å². The number of rotatable bonds is 4. The summed E-state index contributed by atoms with van der Waals surface area (Å²) in [6.45, 7) is 1.21. The summed E-state index contributed by atoms with van der Waals surface area (Å²) in [7, 11) is 1.66. The molecule has 1 N–H and O–H groups in total. The number of methoxy groups -OCH3 is 1. The van der Waals surface area contributed by atoms with E-state index in [2.05, 4.69) is 0 Å². The second kappa shape index (κ2) is 6.35. The molecule has 1 saturated carbocycles. The third-order valence-electron chi connectivity index (χ3n) is 2.54. The van der Waals surface area contributed by atoms with Crippen molar-refractivity contribution in [1.29, 1.82) is 0 Å². The Morgan fingerprint density at radius 1 is 1.15 bits per heavy atom. The van der Waals surface area contributed by atoms with Crippen LogP contribution in [0.2, 0.25) is 0 Å². The molecule has 2 atom stereocenters. The minimum Gasteiger partial charge on any atom is -0.390 e. The molecule has 0 saturated heterocycles. The van der Waals surface area contributed by atoms with Crippen LogP contribution in [0.25, 0.3) is 0 Å². The fourth-order valence-corrected chi connectivity index (χ4v) is 1.73. The molecule has 0 aromatic carbocycles. The van der Waals surface area contributed by atoms with Crippen LogP contribution in [-0.2, 0) is 9.47 Å². The third kappa shape index (κ3) is 4.07. The van der Waals surface area contributed by atoms with Gasteiger partial charge >= 0.3 is 0 Å². The average molecular weight is 188 g/mol. The molecule has 78 valence electrons. The van der Waals surface area contributed by atoms with Gasteiger partial charge in [0.25, 0.3) is 0 Å². The maximum Gasteiger partial charge on any atom is 0.0835 e. The van der Waals surface area contributed by atoms with Crippen LogP contribution in [0.3, 0.4) is 0 Å². The van der Waals surface area contributed by atoms with Gasteiger partial charge in [-0.3, -0.25) is 0 Å². The number of hydrogen-bond acceptors (Lipinski definition) is 3. The van der Waals surface area contributed by atoms with Crippen molar-refractivity contribution in [3.05, 3.63) is 0 Å². The summed E-state index contributed by atoms with van der Waals surface area (Å²) >= 11 is 0. The van der Waals surface area contributed by atoms with Crippen molar-refractivity contribution in [2.24, 2.45) is 0 Å². The lowest BCUT2D eigenvalue weighted by molar-refractivity contribution is -0.0538. The zero-order valence-electron chi connectivity index (χ0n) is 8.37. The van der Waals surface area contributed by atoms with E-state index in [-0.39, 0.29) is 12.2 Å². The lowest BCUT2D eigenvalue weighted by atomic mass is 10.1. The molecule has 1 aliphatic rings. The largest absolute Gasteiger partial charge is 0.390 e. The molecule has 0 spiro atoms. The number of aliphatic hydroxyl groups excluding tert-OH is 1. The highest BCUT2D eigenvalue weighted by atomic mass is 16.5. The van der Waals surface area contributed by atoms with Crippen LogP contribution < -0.4 is 0 Å². The van der Waals surface area contributed by atoms with Gasteiger partial charge in [0.1, 0.15) is 0 Å². The Morgan fingerprint density at radius 3 is 2.69 bits per heavy atom. The number of aliphatic hydroxyl groups is 1. The maximum absolute atomic E-state index is 9.68. The van der Waals surface area contributed by atoms with E-state index < -0.39 is 0 Å². The van der Waals surface area contributed by atoms with Gasteiger partial charge in [0.15, 0.2) is 0 Å². The highest BCUT2D eigenvalue weighted by Gasteiger charge is 2.21. The zero-order chi connectivity index (χ0) is 9.52. The smallest absolute Gasteiger partial charge is 0.0835 e. The number of hydrogen-bond donors (Lipinski definition) is 1. The van der Waals surface area contributed by atoms with Crippen molar-refractivity contribution in [1.82, 2.24) is 0 Å². The Hall–Kier alpha value is -0.120. The minimum atomic E-state index is -0.264. The molecule has 2 unspecified atom stereocenters. The molecular formula is C10H20O3. The summed E-state index contributed by atoms with van der Waals surface area (Å²) in [5, 5.41) is 9.68. The summed E-state index contributed by atoms with van der Waals surface area (Å²) in [6.07, 6.45) is 5.18. The van der Waals surface area contributed by atoms with E-state index in [1.807, 2.05) is 0 Å². The first-order chi connectivity index (χ1) is 6.34. The summed E-state index contributed by atoms with van der Waals surface area (Å²) in [4.78, 5) is 0. The van der Waals surface area contributed by atoms with Crippen molar-refractivity contribution in [3.63, 3.8) is 0 Å². The molecule has 1 rings (SSSR count). The second-order valence-electron chi connectivity index (χ2n) is 3.61. The zero-order valence-corrected chi connectivity index (χ0v) is 8.37. The van der Waals surface area contributed by atoms with E-state index in [1.54, 1.807) is 7.11 Å². The molecule has 0 bridgehead atoms. The first-order valence-corrected chi connectivity index (χ1v) is 5.13. The highest BCUT2D eigenvalue weighted by Crippen LogP contribution is 2.20. The van der Waals surface area contributed by atoms with E-state index in [9.17, 15) is 5.11 Å². The summed E-state index contributed by atoms with van der Waals surface area (Å²) < 4.78 is 10.4. The van der Waals surface area contributed by atoms with E-state index in [1.165, 1.54) is 12.8 Å². The second-order valence-corrected chi connectivity index (χ2v) is 3.61. The Balaban J connectivity index is 2.19. The van der Waals surface area contributed by atoms with Gasteiger partial charge in [-0.25, -0.2) is 0 Å². The Bertz CT molecular complexity index is 127. The molecule has 1 fully saturated rings. The molecule has 13 heavy (non-hydrogen) atoms. The molecule has 0 aliphatic heterocycles. The van der Waals surface area contributed by atoms with Crippen LogP contribution in [0.15, 0.2) is 0 Å². The van der Waals surface area contributed by atoms with Crippen LogP contribution in [0.5, 0.6) is 0 Å². The van der Waals surface area contributed by atoms with Crippen molar-refractivity contribution >= 4 is 0 Å². The topological polar surface area (TPSA) is 38.7 Å². The average Bonchev–Trinajstić information content (AvgIpc) is 2.32. The molecule has 3 heteroatoms. The summed E-state index contributed by atoms with van der Waals surface area (Å²) in [5.74, 6) is 0. The monoisotopic (exact) mass is 188 g/mol. The quantitative estimate of drug-likeness (QED) is 0.534. The lowest BCUT2D eigenvalue weighted by Crippen LogP contribution is -2.28. The fourth-order valence-electron chi connectivity index (χ4n) is 1.73. The predicted octanol–water partition coefficient (Wildman–Crippen LogP) is 1.34. The Kier molecular flexibility index (Phi) is 5.35. The fraction of sp³-hybridized carbons (Fsp3) is 1.00. The molecule has 0 aromatic heterocycles. The van der Waals surface area contributed by atoms with E-state index in [4.69, 9.17) is 9.47 Å². The Morgan fingerprint density at radius 2 is 1.92 bits per heavy atom. The van der Waals surface area contributed by atoms with Gasteiger partial charge < -0.3 is 14.6 Å². The van der Waals surface area contributed by atoms with E-state index in [0.29, 0.717) is 13.2 Å². The van der Waals surface area contributed by atoms with Crippen molar-refractivity contribution in [2.75, 3.05) is 20.3 Å². The molecule has 0 amide bonds. The molecule has 1 aliphatic carbocycles. The SMILES string of the molecule is COCCOC1CCCCCC1O. The molecule has 0 radical (unpaired) electrons. The van der Waals surface area contributed by atoms with Crippen molar-refractivity contribution in [3.8, 4) is 0 Å². The van der Waals surface area contributed by atoms with Crippen LogP contribution in [0.4, 0.5) is 0 Å². The predicted molar refractivity (Wildman–Crippen MR) is 50.7 cm³/mol. The minimum absolute atomic E-state index is 0.0395. The van der Waals surface area contributed by atoms with Crippen molar-refractivity contribution < 1.29 is 14.6 Å². The summed E-state index contributed by atoms with van der Waals surface area (Å²) in [5.41, 5.74) is 0. The van der Waals surface area contributed by atoms with Gasteiger partial charge in [-0.2, -0.15) is 0 Å². The van der Waals surface area contributed by atoms with Gasteiger partial charge in [-0.05, 0) is 12.8 Å². The Labute approximate surface area is 80.0 Å². The maximum atomic E-state index is 9.68. The van der Waals surface area contributed by atoms with E-state index in [0.717, 1.165) is 19.3 Å². The standard InChI is InChI=1S/C10H20O3/c1-12-7-8-13-10-6-4-2-3-5-9(10)11/h9-11H,2-8H2,1H3. The lowest BCUT2D eigenvalue weighted by Gasteiger charge is -2.20. The van der Waals surface area contributed by atoms with Crippen LogP contribution >= 0.6 is 0 Å². The first kappa shape index (κ1) is 11.0. The molecule has 0 aromatic rings. The van der Waals surface area contributed by atoms with Gasteiger partial charge in [0.2, 0.25) is 0 Å². The van der Waals surface area contributed by atoms with Crippen LogP contribution in [0, 0.1) is 0 Å². The number of ether oxygens (including phenoxy) is 2. The van der Waals surface area contributed by atoms with Gasteiger partial charge in [0, 0.05) is 7.11 Å². The molecular weight excluding hydrogens is 168 g/mol. The molecule has 0 heterocycles. The van der Waals surface area contributed by atoms with Gasteiger partial charge in [-0.15, -0.1) is 0 Å². The van der Waals surface area contributed by atoms with Gasteiger partial charge in [-0.1, -0.05) is 19.3 Å². The van der Waals surface area contributed by atoms with Crippen molar-refractivity contribution in [2.45, 2.75) is 44.3 Å². The van der Waals surface area contributed by atoms with Crippen LogP contribution in [-0.4, -0.2) is 37.6 Å².